The van der Waals surface area contributed by atoms with Crippen molar-refractivity contribution in [3.8, 4) is 5.75 Å². The van der Waals surface area contributed by atoms with Crippen LogP contribution in [-0.4, -0.2) is 106 Å². The molecule has 0 radical (unpaired) electrons. The SMILES string of the molecule is COc1ccc2c(c1)C1CC1(NC(=O)C(=O)N1CCN3CCC1CC3)CN1c3cc(C(=O)NS(=O)(=O)N(C)C)ccc3C(C3CCCCC3)C21. The van der Waals surface area contributed by atoms with Crippen LogP contribution in [0.15, 0.2) is 36.4 Å². The number of benzene rings is 2. The number of hydrogen-bond donors (Lipinski definition) is 2. The quantitative estimate of drug-likeness (QED) is 0.439. The molecule has 12 nitrogen and oxygen atoms in total. The fraction of sp³-hybridized carbons (Fsp3) is 0.595. The Morgan fingerprint density at radius 2 is 1.64 bits per heavy atom. The van der Waals surface area contributed by atoms with E-state index in [4.69, 9.17) is 4.74 Å². The first-order valence-electron chi connectivity index (χ1n) is 18.2. The molecule has 7 aliphatic rings. The van der Waals surface area contributed by atoms with Crippen LogP contribution in [0.2, 0.25) is 0 Å². The molecule has 5 heterocycles. The summed E-state index contributed by atoms with van der Waals surface area (Å²) in [5.41, 5.74) is 3.90. The molecule has 2 aromatic rings. The predicted molar refractivity (Wildman–Crippen MR) is 188 cm³/mol. The van der Waals surface area contributed by atoms with Gasteiger partial charge in [0.05, 0.1) is 18.7 Å². The van der Waals surface area contributed by atoms with Crippen molar-refractivity contribution < 1.29 is 27.5 Å². The van der Waals surface area contributed by atoms with E-state index in [1.54, 1.807) is 18.1 Å². The standard InChI is InChI=1S/C37H48N6O6S/c1-40(2)50(47,48)39-34(44)24-9-11-28-31(19-24)43-22-37(38-35(45)36(46)42-18-17-41-15-13-25(42)14-16-41)21-30(37)29-20-26(49-3)10-12-27(29)33(43)32(28)23-7-5-4-6-8-23/h9-12,19-20,23,25,30,32-33H,4-8,13-18,21-22H2,1-3H3,(H,38,45)(H,39,44). The van der Waals surface area contributed by atoms with Crippen molar-refractivity contribution in [2.45, 2.75) is 80.8 Å². The van der Waals surface area contributed by atoms with E-state index in [2.05, 4.69) is 32.0 Å². The molecular weight excluding hydrogens is 657 g/mol. The van der Waals surface area contributed by atoms with Crippen LogP contribution < -0.4 is 19.7 Å². The van der Waals surface area contributed by atoms with Crippen LogP contribution in [-0.2, 0) is 19.8 Å². The summed E-state index contributed by atoms with van der Waals surface area (Å²) in [4.78, 5) is 47.7. The molecule has 2 saturated carbocycles. The van der Waals surface area contributed by atoms with E-state index in [1.165, 1.54) is 38.9 Å². The van der Waals surface area contributed by atoms with E-state index in [-0.39, 0.29) is 29.5 Å². The third kappa shape index (κ3) is 5.65. The van der Waals surface area contributed by atoms with Gasteiger partial charge in [0.2, 0.25) is 0 Å². The third-order valence-electron chi connectivity index (χ3n) is 12.5. The van der Waals surface area contributed by atoms with Crippen LogP contribution in [0.3, 0.4) is 0 Å². The Hall–Kier alpha value is -3.68. The number of carbonyl (C=O) groups is 3. The van der Waals surface area contributed by atoms with Gasteiger partial charge < -0.3 is 24.8 Å². The lowest BCUT2D eigenvalue weighted by molar-refractivity contribution is -0.147. The molecule has 3 amide bonds. The second-order valence-corrected chi connectivity index (χ2v) is 17.3. The highest BCUT2D eigenvalue weighted by atomic mass is 32.2. The Morgan fingerprint density at radius 3 is 2.36 bits per heavy atom. The van der Waals surface area contributed by atoms with Crippen LogP contribution >= 0.6 is 0 Å². The number of methoxy groups -OCH3 is 1. The Kier molecular flexibility index (Phi) is 8.38. The number of nitrogens with zero attached hydrogens (tertiary/aromatic N) is 4. The van der Waals surface area contributed by atoms with E-state index in [1.807, 2.05) is 18.2 Å². The van der Waals surface area contributed by atoms with Crippen LogP contribution in [0.1, 0.15) is 96.3 Å². The molecule has 5 aliphatic heterocycles. The van der Waals surface area contributed by atoms with Gasteiger partial charge in [-0.2, -0.15) is 12.7 Å². The summed E-state index contributed by atoms with van der Waals surface area (Å²) in [6.45, 7) is 3.73. The normalized spacial score (nSPS) is 30.0. The summed E-state index contributed by atoms with van der Waals surface area (Å²) >= 11 is 0. The van der Waals surface area contributed by atoms with Crippen LogP contribution in [0.25, 0.3) is 0 Å². The molecule has 3 saturated heterocycles. The molecule has 2 aromatic carbocycles. The molecule has 0 spiro atoms. The van der Waals surface area contributed by atoms with Gasteiger partial charge in [-0.3, -0.25) is 14.4 Å². The Balaban J connectivity index is 1.19. The molecular formula is C37H48N6O6S. The van der Waals surface area contributed by atoms with Gasteiger partial charge in [0.25, 0.3) is 5.91 Å². The number of rotatable bonds is 6. The van der Waals surface area contributed by atoms with Gasteiger partial charge in [-0.25, -0.2) is 4.72 Å². The lowest BCUT2D eigenvalue weighted by atomic mass is 9.72. The highest BCUT2D eigenvalue weighted by Crippen LogP contribution is 2.64. The van der Waals surface area contributed by atoms with Crippen LogP contribution in [0, 0.1) is 5.92 Å². The van der Waals surface area contributed by atoms with Gasteiger partial charge in [-0.1, -0.05) is 31.4 Å². The fourth-order valence-corrected chi connectivity index (χ4v) is 10.3. The van der Waals surface area contributed by atoms with Crippen LogP contribution in [0.4, 0.5) is 5.69 Å². The molecule has 13 heteroatoms. The van der Waals surface area contributed by atoms with Gasteiger partial charge in [0.1, 0.15) is 5.75 Å². The summed E-state index contributed by atoms with van der Waals surface area (Å²) in [5.74, 6) is -0.379. The number of anilines is 1. The molecule has 4 unspecified atom stereocenters. The Morgan fingerprint density at radius 1 is 0.900 bits per heavy atom. The molecule has 4 atom stereocenters. The van der Waals surface area contributed by atoms with Crippen LogP contribution in [0.5, 0.6) is 5.75 Å². The molecule has 50 heavy (non-hydrogen) atoms. The van der Waals surface area contributed by atoms with Gasteiger partial charge in [-0.15, -0.1) is 0 Å². The highest BCUT2D eigenvalue weighted by molar-refractivity contribution is 7.87. The fourth-order valence-electron chi connectivity index (χ4n) is 9.73. The topological polar surface area (TPSA) is 132 Å². The van der Waals surface area contributed by atoms with E-state index < -0.39 is 33.5 Å². The number of amides is 3. The second kappa shape index (κ2) is 12.5. The number of fused-ring (bicyclic) bond motifs is 11. The molecule has 0 aromatic heterocycles. The van der Waals surface area contributed by atoms with Gasteiger partial charge >= 0.3 is 22.0 Å². The van der Waals surface area contributed by atoms with Gasteiger partial charge in [-0.05, 0) is 79.0 Å². The van der Waals surface area contributed by atoms with Crippen molar-refractivity contribution in [1.82, 2.24) is 24.1 Å². The zero-order chi connectivity index (χ0) is 34.9. The van der Waals surface area contributed by atoms with E-state index in [9.17, 15) is 22.8 Å². The van der Waals surface area contributed by atoms with Gasteiger partial charge in [0, 0.05) is 75.9 Å². The van der Waals surface area contributed by atoms with E-state index in [0.29, 0.717) is 25.4 Å². The monoisotopic (exact) mass is 704 g/mol. The number of nitrogens with one attached hydrogen (secondary N) is 2. The van der Waals surface area contributed by atoms with Crippen molar-refractivity contribution in [2.24, 2.45) is 5.92 Å². The van der Waals surface area contributed by atoms with Crippen molar-refractivity contribution in [1.29, 1.82) is 0 Å². The molecule has 2 aliphatic carbocycles. The molecule has 9 rings (SSSR count). The predicted octanol–water partition coefficient (Wildman–Crippen LogP) is 3.12. The summed E-state index contributed by atoms with van der Waals surface area (Å²) in [6, 6.07) is 11.9. The maximum Gasteiger partial charge on any atom is 0.312 e. The molecule has 2 N–H and O–H groups in total. The largest absolute Gasteiger partial charge is 0.497 e. The number of hydrogen-bond acceptors (Lipinski definition) is 8. The average molecular weight is 705 g/mol. The summed E-state index contributed by atoms with van der Waals surface area (Å²) in [7, 11) is 0.425. The molecule has 5 fully saturated rings. The highest BCUT2D eigenvalue weighted by Gasteiger charge is 2.62. The van der Waals surface area contributed by atoms with Crippen molar-refractivity contribution in [3.63, 3.8) is 0 Å². The van der Waals surface area contributed by atoms with E-state index >= 15 is 0 Å². The minimum Gasteiger partial charge on any atom is -0.497 e. The lowest BCUT2D eigenvalue weighted by Gasteiger charge is -2.37. The summed E-state index contributed by atoms with van der Waals surface area (Å²) < 4.78 is 34.1. The second-order valence-electron chi connectivity index (χ2n) is 15.4. The first-order valence-corrected chi connectivity index (χ1v) is 19.6. The first-order chi connectivity index (χ1) is 24.0. The third-order valence-corrected chi connectivity index (χ3v) is 13.9. The van der Waals surface area contributed by atoms with E-state index in [0.717, 1.165) is 72.2 Å². The Labute approximate surface area is 294 Å². The average Bonchev–Trinajstić information content (AvgIpc) is 3.84. The maximum absolute atomic E-state index is 14.0. The molecule has 268 valence electrons. The van der Waals surface area contributed by atoms with Crippen molar-refractivity contribution >= 4 is 33.6 Å². The number of carbonyl (C=O) groups excluding carboxylic acids is 3. The zero-order valence-corrected chi connectivity index (χ0v) is 30.0. The smallest absolute Gasteiger partial charge is 0.312 e. The summed E-state index contributed by atoms with van der Waals surface area (Å²) in [5, 5.41) is 3.29. The zero-order valence-electron chi connectivity index (χ0n) is 29.2. The minimum absolute atomic E-state index is 0.00627. The number of ether oxygens (including phenoxy) is 1. The summed E-state index contributed by atoms with van der Waals surface area (Å²) in [6.07, 6.45) is 8.23. The van der Waals surface area contributed by atoms with Crippen molar-refractivity contribution in [2.75, 3.05) is 58.8 Å². The molecule has 2 bridgehead atoms. The number of piperidine rings is 1. The maximum atomic E-state index is 14.0. The first kappa shape index (κ1) is 33.5. The van der Waals surface area contributed by atoms with Gasteiger partial charge in [0.15, 0.2) is 0 Å². The lowest BCUT2D eigenvalue weighted by Crippen LogP contribution is -2.54. The Bertz CT molecular complexity index is 1820. The van der Waals surface area contributed by atoms with Crippen molar-refractivity contribution in [3.05, 3.63) is 58.7 Å². The minimum atomic E-state index is -3.99.